The van der Waals surface area contributed by atoms with Crippen LogP contribution in [0.15, 0.2) is 18.2 Å². The monoisotopic (exact) mass is 249 g/mol. The molecule has 0 aliphatic carbocycles. The quantitative estimate of drug-likeness (QED) is 0.831. The molecule has 1 aromatic carbocycles. The fourth-order valence-corrected chi connectivity index (χ4v) is 2.95. The van der Waals surface area contributed by atoms with Gasteiger partial charge in [-0.05, 0) is 49.4 Å². The highest BCUT2D eigenvalue weighted by atomic mass is 16.3. The second-order valence-corrected chi connectivity index (χ2v) is 4.88. The number of fused-ring (bicyclic) bond motifs is 1. The molecule has 0 saturated carbocycles. The van der Waals surface area contributed by atoms with Crippen molar-refractivity contribution in [3.8, 4) is 5.75 Å². The number of phenolic OH excluding ortho intramolecular Hbond substituents is 1. The standard InChI is InChI=1S/C14H21NO.C2H6/c1-4-14(5-2)13-9-12(16)7-6-11(13)8-10(3)15-14;1-2/h6-7,9-10,15-16H,4-5,8H2,1-3H3;1-2H3. The van der Waals surface area contributed by atoms with Gasteiger partial charge in [-0.2, -0.15) is 0 Å². The molecule has 0 aromatic heterocycles. The Labute approximate surface area is 111 Å². The van der Waals surface area contributed by atoms with Crippen LogP contribution in [0.5, 0.6) is 5.75 Å². The van der Waals surface area contributed by atoms with Crippen molar-refractivity contribution < 1.29 is 5.11 Å². The smallest absolute Gasteiger partial charge is 0.115 e. The van der Waals surface area contributed by atoms with Crippen molar-refractivity contribution in [3.05, 3.63) is 29.3 Å². The highest BCUT2D eigenvalue weighted by Gasteiger charge is 2.35. The summed E-state index contributed by atoms with van der Waals surface area (Å²) in [6.45, 7) is 10.7. The summed E-state index contributed by atoms with van der Waals surface area (Å²) in [7, 11) is 0. The van der Waals surface area contributed by atoms with Gasteiger partial charge >= 0.3 is 0 Å². The average molecular weight is 249 g/mol. The first-order valence-corrected chi connectivity index (χ1v) is 7.21. The fourth-order valence-electron chi connectivity index (χ4n) is 2.95. The van der Waals surface area contributed by atoms with Crippen LogP contribution in [0.3, 0.4) is 0 Å². The van der Waals surface area contributed by atoms with Gasteiger partial charge in [0, 0.05) is 11.6 Å². The normalized spacial score (nSPS) is 20.6. The van der Waals surface area contributed by atoms with Gasteiger partial charge in [-0.1, -0.05) is 33.8 Å². The largest absolute Gasteiger partial charge is 0.508 e. The van der Waals surface area contributed by atoms with Crippen molar-refractivity contribution in [2.75, 3.05) is 0 Å². The number of nitrogens with one attached hydrogen (secondary N) is 1. The molecule has 0 fully saturated rings. The van der Waals surface area contributed by atoms with Gasteiger partial charge in [-0.3, -0.25) is 0 Å². The molecule has 1 aliphatic heterocycles. The minimum Gasteiger partial charge on any atom is -0.508 e. The molecule has 2 rings (SSSR count). The molecular weight excluding hydrogens is 222 g/mol. The number of hydrogen-bond acceptors (Lipinski definition) is 2. The Morgan fingerprint density at radius 2 is 1.89 bits per heavy atom. The van der Waals surface area contributed by atoms with Gasteiger partial charge in [0.1, 0.15) is 5.75 Å². The molecule has 2 heteroatoms. The van der Waals surface area contributed by atoms with E-state index in [0.29, 0.717) is 11.8 Å². The van der Waals surface area contributed by atoms with Crippen LogP contribution in [0, 0.1) is 0 Å². The third kappa shape index (κ3) is 2.69. The molecule has 1 atom stereocenters. The van der Waals surface area contributed by atoms with E-state index in [2.05, 4.69) is 32.2 Å². The van der Waals surface area contributed by atoms with Crippen LogP contribution in [-0.2, 0) is 12.0 Å². The summed E-state index contributed by atoms with van der Waals surface area (Å²) in [6.07, 6.45) is 3.17. The van der Waals surface area contributed by atoms with E-state index < -0.39 is 0 Å². The second-order valence-electron chi connectivity index (χ2n) is 4.88. The van der Waals surface area contributed by atoms with Crippen LogP contribution in [0.25, 0.3) is 0 Å². The molecule has 102 valence electrons. The Balaban J connectivity index is 0.000000771. The van der Waals surface area contributed by atoms with Gasteiger partial charge < -0.3 is 10.4 Å². The maximum absolute atomic E-state index is 9.65. The third-order valence-corrected chi connectivity index (χ3v) is 3.86. The molecule has 1 aromatic rings. The van der Waals surface area contributed by atoms with E-state index in [-0.39, 0.29) is 5.54 Å². The summed E-state index contributed by atoms with van der Waals surface area (Å²) in [6, 6.07) is 6.31. The second kappa shape index (κ2) is 6.24. The Kier molecular flexibility index (Phi) is 5.21. The van der Waals surface area contributed by atoms with E-state index >= 15 is 0 Å². The van der Waals surface area contributed by atoms with E-state index in [9.17, 15) is 5.11 Å². The first-order chi connectivity index (χ1) is 8.61. The predicted molar refractivity (Wildman–Crippen MR) is 78.0 cm³/mol. The molecule has 0 radical (unpaired) electrons. The van der Waals surface area contributed by atoms with Crippen molar-refractivity contribution in [1.29, 1.82) is 0 Å². The van der Waals surface area contributed by atoms with Gasteiger partial charge in [-0.25, -0.2) is 0 Å². The minimum absolute atomic E-state index is 0.0474. The molecule has 1 heterocycles. The molecule has 1 unspecified atom stereocenters. The number of rotatable bonds is 2. The SMILES string of the molecule is CC.CCC1(CC)NC(C)Cc2ccc(O)cc21. The van der Waals surface area contributed by atoms with E-state index in [1.807, 2.05) is 19.9 Å². The summed E-state index contributed by atoms with van der Waals surface area (Å²) >= 11 is 0. The molecular formula is C16H27NO. The molecule has 2 nitrogen and oxygen atoms in total. The molecule has 1 aliphatic rings. The number of phenols is 1. The van der Waals surface area contributed by atoms with Crippen LogP contribution in [-0.4, -0.2) is 11.1 Å². The Hall–Kier alpha value is -1.02. The van der Waals surface area contributed by atoms with E-state index in [0.717, 1.165) is 19.3 Å². The zero-order valence-corrected chi connectivity index (χ0v) is 12.4. The lowest BCUT2D eigenvalue weighted by molar-refractivity contribution is 0.253. The van der Waals surface area contributed by atoms with E-state index in [4.69, 9.17) is 0 Å². The summed E-state index contributed by atoms with van der Waals surface area (Å²) < 4.78 is 0. The summed E-state index contributed by atoms with van der Waals surface area (Å²) in [5.74, 6) is 0.376. The fraction of sp³-hybridized carbons (Fsp3) is 0.625. The van der Waals surface area contributed by atoms with Crippen molar-refractivity contribution in [2.24, 2.45) is 0 Å². The van der Waals surface area contributed by atoms with Gasteiger partial charge in [0.2, 0.25) is 0 Å². The van der Waals surface area contributed by atoms with Gasteiger partial charge in [0.05, 0.1) is 0 Å². The van der Waals surface area contributed by atoms with Crippen molar-refractivity contribution in [1.82, 2.24) is 5.32 Å². The van der Waals surface area contributed by atoms with E-state index in [1.54, 1.807) is 6.07 Å². The highest BCUT2D eigenvalue weighted by Crippen LogP contribution is 2.37. The summed E-state index contributed by atoms with van der Waals surface area (Å²) in [5, 5.41) is 13.4. The number of hydrogen-bond donors (Lipinski definition) is 2. The Morgan fingerprint density at radius 3 is 2.44 bits per heavy atom. The van der Waals surface area contributed by atoms with Crippen molar-refractivity contribution in [3.63, 3.8) is 0 Å². The van der Waals surface area contributed by atoms with Gasteiger partial charge in [0.15, 0.2) is 0 Å². The third-order valence-electron chi connectivity index (χ3n) is 3.86. The zero-order chi connectivity index (χ0) is 13.8. The van der Waals surface area contributed by atoms with Crippen LogP contribution in [0.4, 0.5) is 0 Å². The number of benzene rings is 1. The summed E-state index contributed by atoms with van der Waals surface area (Å²) in [4.78, 5) is 0. The lowest BCUT2D eigenvalue weighted by atomic mass is 9.77. The molecule has 0 bridgehead atoms. The lowest BCUT2D eigenvalue weighted by Gasteiger charge is -2.42. The Bertz CT molecular complexity index is 383. The van der Waals surface area contributed by atoms with Crippen LogP contribution >= 0.6 is 0 Å². The van der Waals surface area contributed by atoms with Crippen LogP contribution < -0.4 is 5.32 Å². The first kappa shape index (κ1) is 15.0. The maximum Gasteiger partial charge on any atom is 0.115 e. The first-order valence-electron chi connectivity index (χ1n) is 7.21. The molecule has 0 amide bonds. The predicted octanol–water partition coefficient (Wildman–Crippen LogP) is 3.97. The number of aromatic hydroxyl groups is 1. The molecule has 18 heavy (non-hydrogen) atoms. The average Bonchev–Trinajstić information content (AvgIpc) is 2.40. The topological polar surface area (TPSA) is 32.3 Å². The van der Waals surface area contributed by atoms with Crippen molar-refractivity contribution in [2.45, 2.75) is 65.5 Å². The van der Waals surface area contributed by atoms with Crippen LogP contribution in [0.2, 0.25) is 0 Å². The molecule has 0 saturated heterocycles. The summed E-state index contributed by atoms with van der Waals surface area (Å²) in [5.41, 5.74) is 2.72. The van der Waals surface area contributed by atoms with E-state index in [1.165, 1.54) is 11.1 Å². The minimum atomic E-state index is 0.0474. The highest BCUT2D eigenvalue weighted by molar-refractivity contribution is 5.42. The zero-order valence-electron chi connectivity index (χ0n) is 12.4. The maximum atomic E-state index is 9.65. The van der Waals surface area contributed by atoms with Gasteiger partial charge in [-0.15, -0.1) is 0 Å². The lowest BCUT2D eigenvalue weighted by Crippen LogP contribution is -2.51. The Morgan fingerprint density at radius 1 is 1.28 bits per heavy atom. The van der Waals surface area contributed by atoms with Crippen LogP contribution in [0.1, 0.15) is 58.6 Å². The molecule has 2 N–H and O–H groups in total. The molecule has 0 spiro atoms. The van der Waals surface area contributed by atoms with Crippen molar-refractivity contribution >= 4 is 0 Å². The van der Waals surface area contributed by atoms with Gasteiger partial charge in [0.25, 0.3) is 0 Å².